The van der Waals surface area contributed by atoms with Crippen LogP contribution in [0.2, 0.25) is 0 Å². The van der Waals surface area contributed by atoms with E-state index in [1.165, 1.54) is 0 Å². The summed E-state index contributed by atoms with van der Waals surface area (Å²) in [6, 6.07) is 4.13. The Morgan fingerprint density at radius 2 is 2.17 bits per heavy atom. The number of nitrogens with one attached hydrogen (secondary N) is 2. The Hall–Kier alpha value is -2.65. The number of carbonyl (C=O) groups is 1. The van der Waals surface area contributed by atoms with Crippen molar-refractivity contribution in [2.24, 2.45) is 4.99 Å². The molecule has 0 aromatic carbocycles. The molecule has 0 aliphatic carbocycles. The van der Waals surface area contributed by atoms with Crippen molar-refractivity contribution in [3.8, 4) is 23.0 Å². The van der Waals surface area contributed by atoms with Gasteiger partial charge < -0.3 is 5.32 Å². The van der Waals surface area contributed by atoms with E-state index < -0.39 is 5.54 Å². The quantitative estimate of drug-likeness (QED) is 0.827. The van der Waals surface area contributed by atoms with Crippen molar-refractivity contribution >= 4 is 23.2 Å². The van der Waals surface area contributed by atoms with E-state index in [-0.39, 0.29) is 5.91 Å². The minimum absolute atomic E-state index is 0.0336. The first-order valence-corrected chi connectivity index (χ1v) is 8.44. The summed E-state index contributed by atoms with van der Waals surface area (Å²) >= 11 is 1.62. The van der Waals surface area contributed by atoms with Gasteiger partial charge in [-0.1, -0.05) is 5.92 Å². The number of hydrogen-bond donors (Lipinski definition) is 2. The summed E-state index contributed by atoms with van der Waals surface area (Å²) in [6.45, 7) is 3.83. The molecule has 1 aliphatic rings. The molecule has 2 N–H and O–H groups in total. The second kappa shape index (κ2) is 6.46. The van der Waals surface area contributed by atoms with Gasteiger partial charge in [-0.15, -0.1) is 17.3 Å². The zero-order chi connectivity index (χ0) is 17.2. The molecule has 122 valence electrons. The lowest BCUT2D eigenvalue weighted by atomic mass is 9.92. The molecule has 1 fully saturated rings. The molecular weight excluding hydrogens is 320 g/mol. The largest absolute Gasteiger partial charge is 0.345 e. The van der Waals surface area contributed by atoms with E-state index >= 15 is 0 Å². The second-order valence-electron chi connectivity index (χ2n) is 5.79. The molecule has 1 saturated heterocycles. The normalized spacial score (nSPS) is 21.6. The predicted octanol–water partition coefficient (Wildman–Crippen LogP) is 2.49. The molecule has 3 heterocycles. The Labute approximate surface area is 145 Å². The molecule has 0 saturated carbocycles. The number of pyridine rings is 1. The number of guanidine groups is 1. The number of aromatic nitrogens is 1. The second-order valence-corrected chi connectivity index (χ2v) is 6.70. The average molecular weight is 338 g/mol. The van der Waals surface area contributed by atoms with Crippen LogP contribution < -0.4 is 10.6 Å². The van der Waals surface area contributed by atoms with Gasteiger partial charge in [0.2, 0.25) is 5.91 Å². The summed E-state index contributed by atoms with van der Waals surface area (Å²) in [6.07, 6.45) is 3.95. The summed E-state index contributed by atoms with van der Waals surface area (Å²) < 4.78 is 0. The average Bonchev–Trinajstić information content (AvgIpc) is 3.05. The number of rotatable bonds is 2. The van der Waals surface area contributed by atoms with E-state index in [4.69, 9.17) is 0 Å². The van der Waals surface area contributed by atoms with Gasteiger partial charge in [-0.3, -0.25) is 20.1 Å². The molecule has 2 aromatic rings. The molecule has 24 heavy (non-hydrogen) atoms. The molecule has 2 aromatic heterocycles. The van der Waals surface area contributed by atoms with Gasteiger partial charge in [-0.05, 0) is 36.9 Å². The highest BCUT2D eigenvalue weighted by Crippen LogP contribution is 2.35. The van der Waals surface area contributed by atoms with E-state index in [0.29, 0.717) is 12.4 Å². The smallest absolute Gasteiger partial charge is 0.229 e. The van der Waals surface area contributed by atoms with Crippen LogP contribution in [0.4, 0.5) is 0 Å². The van der Waals surface area contributed by atoms with Crippen molar-refractivity contribution < 1.29 is 4.79 Å². The van der Waals surface area contributed by atoms with Crippen molar-refractivity contribution in [2.45, 2.75) is 25.8 Å². The first-order chi connectivity index (χ1) is 11.5. The monoisotopic (exact) mass is 338 g/mol. The number of carbonyl (C=O) groups excluding carboxylic acids is 1. The molecule has 1 amide bonds. The Morgan fingerprint density at radius 3 is 2.92 bits per heavy atom. The summed E-state index contributed by atoms with van der Waals surface area (Å²) in [5, 5.41) is 8.12. The molecule has 3 rings (SSSR count). The fourth-order valence-electron chi connectivity index (χ4n) is 2.68. The maximum absolute atomic E-state index is 12.0. The molecule has 0 unspecified atom stereocenters. The fraction of sp³-hybridized carbons (Fsp3) is 0.278. The zero-order valence-electron chi connectivity index (χ0n) is 13.8. The maximum atomic E-state index is 12.0. The van der Waals surface area contributed by atoms with Crippen LogP contribution in [-0.2, 0) is 10.3 Å². The van der Waals surface area contributed by atoms with Crippen LogP contribution in [0.5, 0.6) is 0 Å². The number of amides is 1. The molecule has 6 heteroatoms. The van der Waals surface area contributed by atoms with Crippen molar-refractivity contribution in [1.82, 2.24) is 15.6 Å². The standard InChI is InChI=1S/C18H18N4OS/c1-4-5-12-6-13(10-20-9-12)14-7-15(24-11-14)18(2)8-16(23)21-17(19-3)22-18/h6-7,9-11H,8H2,1-3H3,(H2,19,21,22,23)/t18-/m0/s1. The summed E-state index contributed by atoms with van der Waals surface area (Å²) in [7, 11) is 1.65. The fourth-order valence-corrected chi connectivity index (χ4v) is 3.72. The Balaban J connectivity index is 1.94. The van der Waals surface area contributed by atoms with Crippen LogP contribution in [0, 0.1) is 11.8 Å². The molecule has 5 nitrogen and oxygen atoms in total. The Morgan fingerprint density at radius 1 is 1.33 bits per heavy atom. The zero-order valence-corrected chi connectivity index (χ0v) is 14.6. The molecule has 0 radical (unpaired) electrons. The maximum Gasteiger partial charge on any atom is 0.229 e. The lowest BCUT2D eigenvalue weighted by Gasteiger charge is -2.35. The van der Waals surface area contributed by atoms with Crippen molar-refractivity contribution in [1.29, 1.82) is 0 Å². The van der Waals surface area contributed by atoms with Crippen LogP contribution in [0.1, 0.15) is 30.7 Å². The van der Waals surface area contributed by atoms with E-state index in [2.05, 4.69) is 43.9 Å². The highest BCUT2D eigenvalue weighted by Gasteiger charge is 2.36. The van der Waals surface area contributed by atoms with Crippen molar-refractivity contribution in [3.05, 3.63) is 40.3 Å². The van der Waals surface area contributed by atoms with Gasteiger partial charge in [0, 0.05) is 35.4 Å². The third kappa shape index (κ3) is 3.17. The minimum Gasteiger partial charge on any atom is -0.345 e. The van der Waals surface area contributed by atoms with Gasteiger partial charge in [-0.25, -0.2) is 0 Å². The Kier molecular flexibility index (Phi) is 4.36. The highest BCUT2D eigenvalue weighted by molar-refractivity contribution is 7.10. The van der Waals surface area contributed by atoms with Gasteiger partial charge >= 0.3 is 0 Å². The first kappa shape index (κ1) is 16.2. The lowest BCUT2D eigenvalue weighted by Crippen LogP contribution is -2.57. The lowest BCUT2D eigenvalue weighted by molar-refractivity contribution is -0.121. The van der Waals surface area contributed by atoms with Gasteiger partial charge in [0.25, 0.3) is 0 Å². The first-order valence-electron chi connectivity index (χ1n) is 7.56. The number of aliphatic imine (C=N–C) groups is 1. The van der Waals surface area contributed by atoms with E-state index in [9.17, 15) is 4.79 Å². The van der Waals surface area contributed by atoms with Crippen LogP contribution in [0.3, 0.4) is 0 Å². The van der Waals surface area contributed by atoms with E-state index in [1.54, 1.807) is 24.6 Å². The number of thiophene rings is 1. The molecule has 1 aliphatic heterocycles. The number of nitrogens with zero attached hydrogens (tertiary/aromatic N) is 2. The molecular formula is C18H18N4OS. The van der Waals surface area contributed by atoms with Gasteiger partial charge in [-0.2, -0.15) is 0 Å². The Bertz CT molecular complexity index is 874. The van der Waals surface area contributed by atoms with Crippen LogP contribution in [0.25, 0.3) is 11.1 Å². The van der Waals surface area contributed by atoms with Crippen LogP contribution >= 0.6 is 11.3 Å². The summed E-state index contributed by atoms with van der Waals surface area (Å²) in [5.74, 6) is 6.38. The van der Waals surface area contributed by atoms with Gasteiger partial charge in [0.05, 0.1) is 12.0 Å². The summed E-state index contributed by atoms with van der Waals surface area (Å²) in [5.41, 5.74) is 2.52. The van der Waals surface area contributed by atoms with Crippen molar-refractivity contribution in [2.75, 3.05) is 7.05 Å². The number of hydrogen-bond acceptors (Lipinski definition) is 4. The van der Waals surface area contributed by atoms with Crippen molar-refractivity contribution in [3.63, 3.8) is 0 Å². The minimum atomic E-state index is -0.464. The van der Waals surface area contributed by atoms with E-state index in [1.807, 2.05) is 26.1 Å². The van der Waals surface area contributed by atoms with Crippen LogP contribution in [0.15, 0.2) is 34.9 Å². The van der Waals surface area contributed by atoms with E-state index in [0.717, 1.165) is 21.6 Å². The SMILES string of the molecule is CC#Cc1cncc(-c2csc([C@]3(C)CC(=O)NC(=NC)N3)c2)c1. The van der Waals surface area contributed by atoms with Gasteiger partial charge in [0.1, 0.15) is 0 Å². The summed E-state index contributed by atoms with van der Waals surface area (Å²) in [4.78, 5) is 21.4. The molecule has 0 bridgehead atoms. The topological polar surface area (TPSA) is 66.4 Å². The van der Waals surface area contributed by atoms with Crippen LogP contribution in [-0.4, -0.2) is 23.9 Å². The molecule has 0 spiro atoms. The highest BCUT2D eigenvalue weighted by atomic mass is 32.1. The molecule has 1 atom stereocenters. The third-order valence-electron chi connectivity index (χ3n) is 3.87. The third-order valence-corrected chi connectivity index (χ3v) is 5.07. The van der Waals surface area contributed by atoms with Gasteiger partial charge in [0.15, 0.2) is 5.96 Å². The predicted molar refractivity (Wildman–Crippen MR) is 96.7 cm³/mol.